The maximum Gasteiger partial charge on any atom is 0.286 e. The Morgan fingerprint density at radius 3 is 2.74 bits per heavy atom. The summed E-state index contributed by atoms with van der Waals surface area (Å²) < 4.78 is 1.24. The molecule has 2 bridgehead atoms. The van der Waals surface area contributed by atoms with Crippen LogP contribution in [-0.2, 0) is 19.4 Å². The molecule has 0 fully saturated rings. The highest BCUT2D eigenvalue weighted by Crippen LogP contribution is 2.31. The molecule has 1 N–H and O–H groups in total. The number of rotatable bonds is 3. The summed E-state index contributed by atoms with van der Waals surface area (Å²) in [6.45, 7) is 2.04. The average Bonchev–Trinajstić information content (AvgIpc) is 2.75. The number of hydrogen-bond donors (Lipinski definition) is 1. The van der Waals surface area contributed by atoms with Crippen LogP contribution in [0.4, 0.5) is 0 Å². The summed E-state index contributed by atoms with van der Waals surface area (Å²) in [5.74, 6) is 0.213. The van der Waals surface area contributed by atoms with Gasteiger partial charge in [0.15, 0.2) is 0 Å². The van der Waals surface area contributed by atoms with Crippen LogP contribution < -0.4 is 10.4 Å². The minimum Gasteiger partial charge on any atom is -0.506 e. The van der Waals surface area contributed by atoms with Crippen LogP contribution in [0, 0.1) is 6.92 Å². The maximum atomic E-state index is 12.2. The first-order valence-corrected chi connectivity index (χ1v) is 6.32. The Labute approximate surface area is 110 Å². The molecule has 0 radical (unpaired) electrons. The van der Waals surface area contributed by atoms with E-state index in [-0.39, 0.29) is 11.3 Å². The van der Waals surface area contributed by atoms with Gasteiger partial charge in [-0.2, -0.15) is 0 Å². The number of pyridine rings is 1. The van der Waals surface area contributed by atoms with E-state index in [1.807, 2.05) is 30.3 Å². The van der Waals surface area contributed by atoms with E-state index in [1.165, 1.54) is 4.73 Å². The second-order valence-corrected chi connectivity index (χ2v) is 4.76. The Morgan fingerprint density at radius 1 is 1.26 bits per heavy atom. The smallest absolute Gasteiger partial charge is 0.286 e. The van der Waals surface area contributed by atoms with Gasteiger partial charge in [0.1, 0.15) is 18.1 Å². The van der Waals surface area contributed by atoms with Crippen LogP contribution in [0.3, 0.4) is 0 Å². The number of fused-ring (bicyclic) bond motifs is 2. The molecule has 0 atom stereocenters. The van der Waals surface area contributed by atoms with Gasteiger partial charge in [0.2, 0.25) is 0 Å². The molecule has 2 aromatic rings. The zero-order valence-electron chi connectivity index (χ0n) is 10.7. The molecule has 0 saturated heterocycles. The van der Waals surface area contributed by atoms with Crippen LogP contribution in [0.2, 0.25) is 0 Å². The third-order valence-electron chi connectivity index (χ3n) is 3.58. The van der Waals surface area contributed by atoms with Gasteiger partial charge in [0.25, 0.3) is 5.56 Å². The van der Waals surface area contributed by atoms with Crippen molar-refractivity contribution in [1.29, 1.82) is 0 Å². The molecular weight excluding hydrogens is 242 g/mol. The first-order chi connectivity index (χ1) is 9.18. The molecule has 1 aromatic carbocycles. The number of nitrogens with zero attached hydrogens (tertiary/aromatic N) is 1. The van der Waals surface area contributed by atoms with Gasteiger partial charge >= 0.3 is 0 Å². The molecule has 1 aliphatic rings. The van der Waals surface area contributed by atoms with E-state index in [2.05, 4.69) is 0 Å². The molecular formula is C15H15NO3. The van der Waals surface area contributed by atoms with Gasteiger partial charge in [-0.3, -0.25) is 4.79 Å². The van der Waals surface area contributed by atoms with Crippen LogP contribution >= 0.6 is 0 Å². The lowest BCUT2D eigenvalue weighted by molar-refractivity contribution is 0.0817. The lowest BCUT2D eigenvalue weighted by Crippen LogP contribution is -2.30. The topological polar surface area (TPSA) is 51.5 Å². The van der Waals surface area contributed by atoms with Crippen LogP contribution in [0.25, 0.3) is 0 Å². The molecule has 0 unspecified atom stereocenters. The van der Waals surface area contributed by atoms with E-state index in [9.17, 15) is 9.90 Å². The van der Waals surface area contributed by atoms with Crippen molar-refractivity contribution in [1.82, 2.24) is 4.73 Å². The summed E-state index contributed by atoms with van der Waals surface area (Å²) in [7, 11) is 0. The molecule has 0 aliphatic heterocycles. The van der Waals surface area contributed by atoms with Gasteiger partial charge in [-0.25, -0.2) is 0 Å². The molecule has 4 nitrogen and oxygen atoms in total. The second-order valence-electron chi connectivity index (χ2n) is 4.76. The number of hydrogen-bond acceptors (Lipinski definition) is 3. The fraction of sp³-hybridized carbons (Fsp3) is 0.267. The predicted octanol–water partition coefficient (Wildman–Crippen LogP) is 1.59. The minimum absolute atomic E-state index is 0.170. The van der Waals surface area contributed by atoms with Crippen molar-refractivity contribution < 1.29 is 9.94 Å². The van der Waals surface area contributed by atoms with Gasteiger partial charge in [0.05, 0.1) is 0 Å². The average molecular weight is 257 g/mol. The third-order valence-corrected chi connectivity index (χ3v) is 3.58. The highest BCUT2D eigenvalue weighted by Gasteiger charge is 2.25. The molecule has 4 heteroatoms. The molecule has 19 heavy (non-hydrogen) atoms. The predicted molar refractivity (Wildman–Crippen MR) is 71.2 cm³/mol. The van der Waals surface area contributed by atoms with Gasteiger partial charge in [-0.05, 0) is 25.3 Å². The van der Waals surface area contributed by atoms with Crippen molar-refractivity contribution in [3.05, 3.63) is 63.1 Å². The first-order valence-electron chi connectivity index (χ1n) is 6.32. The van der Waals surface area contributed by atoms with Crippen molar-refractivity contribution in [2.75, 3.05) is 0 Å². The molecule has 1 heterocycles. The SMILES string of the molecule is Cc1c2c(O)c(n(OCc3ccccc3)c1=O)CC2. The Kier molecular flexibility index (Phi) is 2.78. The van der Waals surface area contributed by atoms with Crippen LogP contribution in [0.5, 0.6) is 5.75 Å². The van der Waals surface area contributed by atoms with Crippen molar-refractivity contribution in [3.8, 4) is 5.75 Å². The quantitative estimate of drug-likeness (QED) is 0.908. The lowest BCUT2D eigenvalue weighted by Gasteiger charge is -2.13. The Bertz CT molecular complexity index is 674. The Balaban J connectivity index is 1.94. The Morgan fingerprint density at radius 2 is 2.00 bits per heavy atom. The molecule has 0 spiro atoms. The van der Waals surface area contributed by atoms with Gasteiger partial charge in [0, 0.05) is 11.1 Å². The zero-order valence-corrected chi connectivity index (χ0v) is 10.7. The normalized spacial score (nSPS) is 12.7. The largest absolute Gasteiger partial charge is 0.506 e. The number of aromatic hydroxyl groups is 1. The van der Waals surface area contributed by atoms with Gasteiger partial charge in [-0.1, -0.05) is 30.3 Å². The highest BCUT2D eigenvalue weighted by molar-refractivity contribution is 5.46. The van der Waals surface area contributed by atoms with E-state index in [0.717, 1.165) is 11.1 Å². The summed E-state index contributed by atoms with van der Waals surface area (Å²) in [5.41, 5.74) is 2.74. The molecule has 3 rings (SSSR count). The third kappa shape index (κ3) is 1.89. The highest BCUT2D eigenvalue weighted by atomic mass is 16.7. The molecule has 98 valence electrons. The van der Waals surface area contributed by atoms with Crippen LogP contribution in [0.1, 0.15) is 22.4 Å². The van der Waals surface area contributed by atoms with Gasteiger partial charge < -0.3 is 9.94 Å². The van der Waals surface area contributed by atoms with E-state index < -0.39 is 0 Å². The standard InChI is InChI=1S/C15H15NO3/c1-10-12-7-8-13(14(12)17)16(15(10)18)19-9-11-5-3-2-4-6-11/h2-6,17H,7-9H2,1H3. The zero-order chi connectivity index (χ0) is 13.4. The van der Waals surface area contributed by atoms with Crippen molar-refractivity contribution in [3.63, 3.8) is 0 Å². The summed E-state index contributed by atoms with van der Waals surface area (Å²) in [5, 5.41) is 10.0. The molecule has 0 saturated carbocycles. The Hall–Kier alpha value is -2.23. The van der Waals surface area contributed by atoms with Crippen molar-refractivity contribution >= 4 is 0 Å². The summed E-state index contributed by atoms with van der Waals surface area (Å²) >= 11 is 0. The monoisotopic (exact) mass is 257 g/mol. The first kappa shape index (κ1) is 11.8. The van der Waals surface area contributed by atoms with E-state index in [4.69, 9.17) is 4.84 Å². The molecule has 1 aliphatic carbocycles. The number of benzene rings is 1. The van der Waals surface area contributed by atoms with E-state index in [0.29, 0.717) is 30.7 Å². The summed E-state index contributed by atoms with van der Waals surface area (Å²) in [6.07, 6.45) is 1.36. The number of aromatic nitrogens is 1. The second kappa shape index (κ2) is 4.46. The van der Waals surface area contributed by atoms with E-state index in [1.54, 1.807) is 6.92 Å². The molecule has 0 amide bonds. The minimum atomic E-state index is -0.170. The summed E-state index contributed by atoms with van der Waals surface area (Å²) in [4.78, 5) is 17.7. The fourth-order valence-electron chi connectivity index (χ4n) is 2.47. The van der Waals surface area contributed by atoms with Crippen LogP contribution in [0.15, 0.2) is 35.1 Å². The molecule has 1 aromatic heterocycles. The maximum absolute atomic E-state index is 12.2. The van der Waals surface area contributed by atoms with Crippen molar-refractivity contribution in [2.24, 2.45) is 0 Å². The fourth-order valence-corrected chi connectivity index (χ4v) is 2.47. The van der Waals surface area contributed by atoms with Crippen molar-refractivity contribution in [2.45, 2.75) is 26.4 Å². The summed E-state index contributed by atoms with van der Waals surface area (Å²) in [6, 6.07) is 9.65. The van der Waals surface area contributed by atoms with Crippen LogP contribution in [-0.4, -0.2) is 9.84 Å². The van der Waals surface area contributed by atoms with Gasteiger partial charge in [-0.15, -0.1) is 4.73 Å². The van der Waals surface area contributed by atoms with E-state index >= 15 is 0 Å². The lowest BCUT2D eigenvalue weighted by atomic mass is 10.1.